The number of thiocarbonyl (C=S) groups is 1. The zero-order chi connectivity index (χ0) is 15.4. The average molecular weight is 332 g/mol. The number of thioether (sulfide) groups is 1. The highest BCUT2D eigenvalue weighted by Crippen LogP contribution is 2.26. The lowest BCUT2D eigenvalue weighted by molar-refractivity contribution is -0.0473. The first-order valence-electron chi connectivity index (χ1n) is 6.70. The maximum atomic E-state index is 12.3. The largest absolute Gasteiger partial charge is 0.372 e. The molecule has 0 spiro atoms. The van der Waals surface area contributed by atoms with Crippen LogP contribution in [0.15, 0.2) is 29.2 Å². The molecule has 3 nitrogen and oxygen atoms in total. The Balaban J connectivity index is 1.93. The average Bonchev–Trinajstić information content (AvgIpc) is 2.39. The van der Waals surface area contributed by atoms with Gasteiger partial charge in [-0.3, -0.25) is 0 Å². The highest BCUT2D eigenvalue weighted by atomic mass is 32.2. The number of benzene rings is 1. The monoisotopic (exact) mass is 332 g/mol. The Labute approximate surface area is 133 Å². The topological polar surface area (TPSA) is 24.5 Å². The number of halogens is 2. The molecular weight excluding hydrogens is 314 g/mol. The molecule has 1 aliphatic rings. The van der Waals surface area contributed by atoms with Crippen LogP contribution >= 0.6 is 24.0 Å². The molecule has 1 aromatic carbocycles. The Hall–Kier alpha value is -0.920. The van der Waals surface area contributed by atoms with Crippen molar-refractivity contribution in [3.8, 4) is 0 Å². The molecule has 0 bridgehead atoms. The molecule has 116 valence electrons. The molecule has 1 N–H and O–H groups in total. The van der Waals surface area contributed by atoms with Crippen LogP contribution in [0.25, 0.3) is 0 Å². The molecule has 1 aromatic rings. The minimum absolute atomic E-state index is 0.137. The Kier molecular flexibility index (Phi) is 5.78. The van der Waals surface area contributed by atoms with Crippen LogP contribution in [0.2, 0.25) is 0 Å². The van der Waals surface area contributed by atoms with Crippen molar-refractivity contribution in [1.82, 2.24) is 4.90 Å². The number of rotatable bonds is 3. The van der Waals surface area contributed by atoms with Crippen LogP contribution in [-0.2, 0) is 4.74 Å². The fourth-order valence-corrected chi connectivity index (χ4v) is 3.03. The molecule has 0 radical (unpaired) electrons. The summed E-state index contributed by atoms with van der Waals surface area (Å²) in [6.45, 7) is 5.52. The fourth-order valence-electron chi connectivity index (χ4n) is 2.27. The van der Waals surface area contributed by atoms with Gasteiger partial charge in [-0.2, -0.15) is 8.78 Å². The van der Waals surface area contributed by atoms with E-state index in [9.17, 15) is 8.78 Å². The second kappa shape index (κ2) is 7.38. The first-order chi connectivity index (χ1) is 9.94. The normalized spacial score (nSPS) is 22.4. The summed E-state index contributed by atoms with van der Waals surface area (Å²) in [6.07, 6.45) is 0.275. The molecule has 1 heterocycles. The highest BCUT2D eigenvalue weighted by molar-refractivity contribution is 7.99. The second-order valence-corrected chi connectivity index (χ2v) is 6.45. The fraction of sp³-hybridized carbons (Fsp3) is 0.500. The van der Waals surface area contributed by atoms with Gasteiger partial charge in [0.05, 0.1) is 12.2 Å². The lowest BCUT2D eigenvalue weighted by Gasteiger charge is -2.36. The second-order valence-electron chi connectivity index (χ2n) is 5.00. The number of nitrogens with zero attached hydrogens (tertiary/aromatic N) is 1. The summed E-state index contributed by atoms with van der Waals surface area (Å²) in [5.41, 5.74) is 0.797. The van der Waals surface area contributed by atoms with E-state index in [1.165, 1.54) is 0 Å². The number of morpholine rings is 1. The van der Waals surface area contributed by atoms with Crippen LogP contribution in [0.4, 0.5) is 14.5 Å². The molecule has 21 heavy (non-hydrogen) atoms. The number of hydrogen-bond acceptors (Lipinski definition) is 3. The summed E-state index contributed by atoms with van der Waals surface area (Å²) in [5.74, 6) is -2.40. The third-order valence-electron chi connectivity index (χ3n) is 3.04. The van der Waals surface area contributed by atoms with Crippen molar-refractivity contribution in [3.05, 3.63) is 24.3 Å². The number of anilines is 1. The minimum atomic E-state index is -2.40. The molecule has 1 saturated heterocycles. The van der Waals surface area contributed by atoms with E-state index in [1.54, 1.807) is 24.3 Å². The smallest absolute Gasteiger partial charge is 0.288 e. The van der Waals surface area contributed by atoms with Gasteiger partial charge in [-0.25, -0.2) is 0 Å². The van der Waals surface area contributed by atoms with E-state index in [2.05, 4.69) is 10.2 Å². The molecule has 0 aromatic heterocycles. The van der Waals surface area contributed by atoms with E-state index in [0.29, 0.717) is 21.8 Å². The van der Waals surface area contributed by atoms with Gasteiger partial charge in [0, 0.05) is 23.7 Å². The van der Waals surface area contributed by atoms with Crippen LogP contribution in [-0.4, -0.2) is 41.1 Å². The van der Waals surface area contributed by atoms with Gasteiger partial charge >= 0.3 is 0 Å². The third-order valence-corrected chi connectivity index (χ3v) is 4.12. The van der Waals surface area contributed by atoms with Gasteiger partial charge in [-0.15, -0.1) is 0 Å². The minimum Gasteiger partial charge on any atom is -0.372 e. The maximum absolute atomic E-state index is 12.3. The molecule has 2 rings (SSSR count). The molecule has 0 unspecified atom stereocenters. The van der Waals surface area contributed by atoms with Crippen molar-refractivity contribution in [2.45, 2.75) is 36.7 Å². The SMILES string of the molecule is C[C@@H]1CN(C(=S)Nc2ccc(SC(F)F)cc2)C[C@@H](C)O1. The van der Waals surface area contributed by atoms with Crippen LogP contribution < -0.4 is 5.32 Å². The lowest BCUT2D eigenvalue weighted by Crippen LogP contribution is -2.49. The van der Waals surface area contributed by atoms with E-state index < -0.39 is 5.76 Å². The van der Waals surface area contributed by atoms with Crippen molar-refractivity contribution in [3.63, 3.8) is 0 Å². The van der Waals surface area contributed by atoms with Crippen molar-refractivity contribution < 1.29 is 13.5 Å². The van der Waals surface area contributed by atoms with Crippen molar-refractivity contribution in [1.29, 1.82) is 0 Å². The molecule has 1 aliphatic heterocycles. The van der Waals surface area contributed by atoms with E-state index in [4.69, 9.17) is 17.0 Å². The van der Waals surface area contributed by atoms with Gasteiger partial charge in [0.2, 0.25) is 0 Å². The van der Waals surface area contributed by atoms with Crippen molar-refractivity contribution >= 4 is 34.8 Å². The molecule has 2 atom stereocenters. The summed E-state index contributed by atoms with van der Waals surface area (Å²) in [6, 6.07) is 6.83. The predicted molar refractivity (Wildman–Crippen MR) is 86.1 cm³/mol. The van der Waals surface area contributed by atoms with Crippen LogP contribution in [0.1, 0.15) is 13.8 Å². The first-order valence-corrected chi connectivity index (χ1v) is 7.99. The number of ether oxygens (including phenoxy) is 1. The quantitative estimate of drug-likeness (QED) is 0.670. The summed E-state index contributed by atoms with van der Waals surface area (Å²) < 4.78 is 30.2. The zero-order valence-corrected chi connectivity index (χ0v) is 13.5. The molecule has 1 fully saturated rings. The van der Waals surface area contributed by atoms with Gasteiger partial charge in [0.15, 0.2) is 5.11 Å². The molecule has 0 saturated carbocycles. The van der Waals surface area contributed by atoms with Gasteiger partial charge in [0.25, 0.3) is 5.76 Å². The maximum Gasteiger partial charge on any atom is 0.288 e. The molecule has 0 amide bonds. The Morgan fingerprint density at radius 1 is 1.29 bits per heavy atom. The first kappa shape index (κ1) is 16.5. The Morgan fingerprint density at radius 2 is 1.86 bits per heavy atom. The van der Waals surface area contributed by atoms with Crippen molar-refractivity contribution in [2.75, 3.05) is 18.4 Å². The van der Waals surface area contributed by atoms with Crippen molar-refractivity contribution in [2.24, 2.45) is 0 Å². The standard InChI is InChI=1S/C14H18F2N2OS2/c1-9-7-18(8-10(2)19-9)14(20)17-11-3-5-12(6-4-11)21-13(15)16/h3-6,9-10,13H,7-8H2,1-2H3,(H,17,20)/t9-,10-/m1/s1. The van der Waals surface area contributed by atoms with Gasteiger partial charge in [-0.1, -0.05) is 11.8 Å². The van der Waals surface area contributed by atoms with Gasteiger partial charge < -0.3 is 15.0 Å². The molecular formula is C14H18F2N2OS2. The Bertz CT molecular complexity index is 474. The zero-order valence-electron chi connectivity index (χ0n) is 11.9. The molecule has 0 aliphatic carbocycles. The van der Waals surface area contributed by atoms with Gasteiger partial charge in [-0.05, 0) is 50.3 Å². The van der Waals surface area contributed by atoms with Crippen LogP contribution in [0, 0.1) is 0 Å². The van der Waals surface area contributed by atoms with Crippen LogP contribution in [0.3, 0.4) is 0 Å². The predicted octanol–water partition coefficient (Wildman–Crippen LogP) is 3.81. The van der Waals surface area contributed by atoms with E-state index in [0.717, 1.165) is 18.8 Å². The summed E-state index contributed by atoms with van der Waals surface area (Å²) >= 11 is 5.93. The Morgan fingerprint density at radius 3 is 2.38 bits per heavy atom. The summed E-state index contributed by atoms with van der Waals surface area (Å²) in [5, 5.41) is 3.77. The van der Waals surface area contributed by atoms with E-state index >= 15 is 0 Å². The number of hydrogen-bond donors (Lipinski definition) is 1. The number of nitrogens with one attached hydrogen (secondary N) is 1. The van der Waals surface area contributed by atoms with E-state index in [-0.39, 0.29) is 12.2 Å². The number of alkyl halides is 2. The van der Waals surface area contributed by atoms with Gasteiger partial charge in [0.1, 0.15) is 0 Å². The summed E-state index contributed by atoms with van der Waals surface area (Å²) in [4.78, 5) is 2.60. The summed E-state index contributed by atoms with van der Waals surface area (Å²) in [7, 11) is 0. The lowest BCUT2D eigenvalue weighted by atomic mass is 10.2. The van der Waals surface area contributed by atoms with Crippen LogP contribution in [0.5, 0.6) is 0 Å². The highest BCUT2D eigenvalue weighted by Gasteiger charge is 2.23. The third kappa shape index (κ3) is 5.09. The van der Waals surface area contributed by atoms with E-state index in [1.807, 2.05) is 13.8 Å². The molecule has 7 heteroatoms.